The molecule has 2 heterocycles. The van der Waals surface area contributed by atoms with Crippen LogP contribution in [0.2, 0.25) is 0 Å². The van der Waals surface area contributed by atoms with Gasteiger partial charge >= 0.3 is 6.01 Å². The summed E-state index contributed by atoms with van der Waals surface area (Å²) >= 11 is 5.54. The Morgan fingerprint density at radius 1 is 1.42 bits per heavy atom. The fraction of sp³-hybridized carbons (Fsp3) is 0.714. The van der Waals surface area contributed by atoms with Crippen molar-refractivity contribution in [2.24, 2.45) is 0 Å². The summed E-state index contributed by atoms with van der Waals surface area (Å²) < 4.78 is 5.02. The van der Waals surface area contributed by atoms with Crippen molar-refractivity contribution in [1.29, 1.82) is 0 Å². The molecule has 0 unspecified atom stereocenters. The Morgan fingerprint density at radius 2 is 2.17 bits per heavy atom. The van der Waals surface area contributed by atoms with Crippen LogP contribution in [0.25, 0.3) is 0 Å². The molecule has 4 nitrogen and oxygen atoms in total. The van der Waals surface area contributed by atoms with Crippen LogP contribution in [0.1, 0.15) is 18.7 Å². The molecule has 1 aliphatic heterocycles. The summed E-state index contributed by atoms with van der Waals surface area (Å²) in [6.45, 7) is 2.04. The number of aromatic nitrogens is 2. The third-order valence-corrected chi connectivity index (χ3v) is 2.19. The van der Waals surface area contributed by atoms with Crippen LogP contribution in [0, 0.1) is 0 Å². The second-order valence-electron chi connectivity index (χ2n) is 2.82. The van der Waals surface area contributed by atoms with Gasteiger partial charge in [-0.15, -0.1) is 11.6 Å². The molecule has 0 aromatic carbocycles. The van der Waals surface area contributed by atoms with Crippen LogP contribution in [-0.4, -0.2) is 23.2 Å². The number of alkyl halides is 1. The normalized spacial score (nSPS) is 17.2. The second kappa shape index (κ2) is 3.31. The lowest BCUT2D eigenvalue weighted by Crippen LogP contribution is -2.17. The molecule has 1 aromatic heterocycles. The number of nitrogens with zero attached hydrogens (tertiary/aromatic N) is 3. The summed E-state index contributed by atoms with van der Waals surface area (Å²) in [6.07, 6.45) is 2.41. The zero-order valence-electron chi connectivity index (χ0n) is 6.66. The van der Waals surface area contributed by atoms with E-state index < -0.39 is 0 Å². The van der Waals surface area contributed by atoms with Crippen molar-refractivity contribution >= 4 is 17.6 Å². The van der Waals surface area contributed by atoms with Gasteiger partial charge in [-0.2, -0.15) is 4.98 Å². The van der Waals surface area contributed by atoms with E-state index >= 15 is 0 Å². The average Bonchev–Trinajstić information content (AvgIpc) is 2.75. The summed E-state index contributed by atoms with van der Waals surface area (Å²) in [6, 6.07) is 0.614. The quantitative estimate of drug-likeness (QED) is 0.657. The molecule has 1 aliphatic rings. The third-order valence-electron chi connectivity index (χ3n) is 1.95. The first kappa shape index (κ1) is 7.86. The van der Waals surface area contributed by atoms with E-state index in [-0.39, 0.29) is 0 Å². The van der Waals surface area contributed by atoms with Crippen LogP contribution < -0.4 is 4.90 Å². The van der Waals surface area contributed by atoms with Crippen molar-refractivity contribution in [3.8, 4) is 0 Å². The molecule has 2 rings (SSSR count). The summed E-state index contributed by atoms with van der Waals surface area (Å²) in [5.41, 5.74) is 0. The van der Waals surface area contributed by atoms with Gasteiger partial charge in [0.25, 0.3) is 0 Å². The maximum atomic E-state index is 5.54. The zero-order valence-corrected chi connectivity index (χ0v) is 7.42. The van der Waals surface area contributed by atoms with Gasteiger partial charge in [0.15, 0.2) is 5.82 Å². The first-order valence-corrected chi connectivity index (χ1v) is 4.57. The fourth-order valence-electron chi connectivity index (χ4n) is 1.34. The molecule has 0 amide bonds. The topological polar surface area (TPSA) is 42.2 Å². The van der Waals surface area contributed by atoms with Crippen molar-refractivity contribution in [3.63, 3.8) is 0 Å². The highest BCUT2D eigenvalue weighted by atomic mass is 35.5. The van der Waals surface area contributed by atoms with E-state index in [2.05, 4.69) is 15.0 Å². The lowest BCUT2D eigenvalue weighted by molar-refractivity contribution is 0.413. The van der Waals surface area contributed by atoms with Gasteiger partial charge in [-0.1, -0.05) is 5.16 Å². The Morgan fingerprint density at radius 3 is 2.75 bits per heavy atom. The Balaban J connectivity index is 2.11. The molecule has 0 aliphatic carbocycles. The van der Waals surface area contributed by atoms with E-state index in [1.165, 1.54) is 12.8 Å². The third kappa shape index (κ3) is 1.39. The SMILES string of the molecule is ClCc1noc(N2CCCC2)n1. The molecule has 5 heteroatoms. The number of anilines is 1. The van der Waals surface area contributed by atoms with Crippen LogP contribution in [0.4, 0.5) is 6.01 Å². The molecule has 0 N–H and O–H groups in total. The highest BCUT2D eigenvalue weighted by molar-refractivity contribution is 6.16. The van der Waals surface area contributed by atoms with Crippen molar-refractivity contribution in [2.75, 3.05) is 18.0 Å². The minimum absolute atomic E-state index is 0.317. The van der Waals surface area contributed by atoms with Crippen LogP contribution in [0.3, 0.4) is 0 Å². The van der Waals surface area contributed by atoms with E-state index in [0.29, 0.717) is 17.7 Å². The number of halogens is 1. The van der Waals surface area contributed by atoms with Gasteiger partial charge in [0.05, 0.1) is 5.88 Å². The molecule has 0 atom stereocenters. The van der Waals surface area contributed by atoms with Gasteiger partial charge < -0.3 is 9.42 Å². The molecule has 1 aromatic rings. The van der Waals surface area contributed by atoms with Gasteiger partial charge in [0.1, 0.15) is 0 Å². The summed E-state index contributed by atoms with van der Waals surface area (Å²) in [7, 11) is 0. The molecule has 0 saturated carbocycles. The molecular weight excluding hydrogens is 178 g/mol. The predicted octanol–water partition coefficient (Wildman–Crippen LogP) is 1.41. The van der Waals surface area contributed by atoms with Crippen LogP contribution in [0.5, 0.6) is 0 Å². The highest BCUT2D eigenvalue weighted by Crippen LogP contribution is 2.17. The molecule has 1 fully saturated rings. The largest absolute Gasteiger partial charge is 0.324 e. The number of hydrogen-bond donors (Lipinski definition) is 0. The lowest BCUT2D eigenvalue weighted by Gasteiger charge is -2.08. The molecule has 12 heavy (non-hydrogen) atoms. The number of rotatable bonds is 2. The molecule has 0 bridgehead atoms. The highest BCUT2D eigenvalue weighted by Gasteiger charge is 2.17. The first-order valence-electron chi connectivity index (χ1n) is 4.03. The lowest BCUT2D eigenvalue weighted by atomic mass is 10.4. The Hall–Kier alpha value is -0.770. The molecule has 1 saturated heterocycles. The molecule has 66 valence electrons. The van der Waals surface area contributed by atoms with Gasteiger partial charge in [-0.3, -0.25) is 0 Å². The summed E-state index contributed by atoms with van der Waals surface area (Å²) in [4.78, 5) is 6.21. The van der Waals surface area contributed by atoms with Crippen LogP contribution in [-0.2, 0) is 5.88 Å². The van der Waals surface area contributed by atoms with Crippen LogP contribution >= 0.6 is 11.6 Å². The minimum atomic E-state index is 0.317. The standard InChI is InChI=1S/C7H10ClN3O/c8-5-6-9-7(12-10-6)11-3-1-2-4-11/h1-5H2. The van der Waals surface area contributed by atoms with Gasteiger partial charge in [-0.05, 0) is 12.8 Å². The number of hydrogen-bond acceptors (Lipinski definition) is 4. The summed E-state index contributed by atoms with van der Waals surface area (Å²) in [5.74, 6) is 0.885. The Kier molecular flexibility index (Phi) is 2.17. The van der Waals surface area contributed by atoms with Crippen molar-refractivity contribution in [1.82, 2.24) is 10.1 Å². The van der Waals surface area contributed by atoms with Crippen molar-refractivity contribution in [3.05, 3.63) is 5.82 Å². The monoisotopic (exact) mass is 187 g/mol. The van der Waals surface area contributed by atoms with Gasteiger partial charge in [0.2, 0.25) is 0 Å². The zero-order chi connectivity index (χ0) is 8.39. The molecular formula is C7H10ClN3O. The Labute approximate surface area is 75.5 Å². The van der Waals surface area contributed by atoms with Crippen molar-refractivity contribution in [2.45, 2.75) is 18.7 Å². The molecule has 0 spiro atoms. The van der Waals surface area contributed by atoms with E-state index in [9.17, 15) is 0 Å². The predicted molar refractivity (Wildman–Crippen MR) is 45.3 cm³/mol. The first-order chi connectivity index (χ1) is 5.90. The maximum absolute atomic E-state index is 5.54. The average molecular weight is 188 g/mol. The fourth-order valence-corrected chi connectivity index (χ4v) is 1.44. The van der Waals surface area contributed by atoms with Crippen molar-refractivity contribution < 1.29 is 4.52 Å². The second-order valence-corrected chi connectivity index (χ2v) is 3.09. The van der Waals surface area contributed by atoms with Crippen LogP contribution in [0.15, 0.2) is 4.52 Å². The smallest absolute Gasteiger partial charge is 0.324 e. The van der Waals surface area contributed by atoms with E-state index in [1.54, 1.807) is 0 Å². The van der Waals surface area contributed by atoms with Gasteiger partial charge in [0, 0.05) is 13.1 Å². The van der Waals surface area contributed by atoms with E-state index in [1.807, 2.05) is 0 Å². The van der Waals surface area contributed by atoms with Gasteiger partial charge in [-0.25, -0.2) is 0 Å². The van der Waals surface area contributed by atoms with E-state index in [4.69, 9.17) is 16.1 Å². The van der Waals surface area contributed by atoms with E-state index in [0.717, 1.165) is 13.1 Å². The minimum Gasteiger partial charge on any atom is -0.324 e. The molecule has 0 radical (unpaired) electrons. The Bertz CT molecular complexity index is 257. The summed E-state index contributed by atoms with van der Waals surface area (Å²) in [5, 5.41) is 3.72. The maximum Gasteiger partial charge on any atom is 0.324 e.